The Balaban J connectivity index is 1.46. The van der Waals surface area contributed by atoms with E-state index in [1.165, 1.54) is 6.07 Å². The first kappa shape index (κ1) is 21.9. The summed E-state index contributed by atoms with van der Waals surface area (Å²) < 4.78 is 42.1. The predicted octanol–water partition coefficient (Wildman–Crippen LogP) is 3.14. The van der Waals surface area contributed by atoms with Crippen molar-refractivity contribution in [2.24, 2.45) is 0 Å². The molecule has 1 saturated heterocycles. The van der Waals surface area contributed by atoms with Crippen molar-refractivity contribution in [2.45, 2.75) is 24.9 Å². The van der Waals surface area contributed by atoms with E-state index in [0.29, 0.717) is 42.4 Å². The average Bonchev–Trinajstić information content (AvgIpc) is 3.21. The van der Waals surface area contributed by atoms with Gasteiger partial charge < -0.3 is 15.0 Å². The van der Waals surface area contributed by atoms with Gasteiger partial charge >= 0.3 is 6.18 Å². The van der Waals surface area contributed by atoms with Crippen LogP contribution in [0.25, 0.3) is 0 Å². The van der Waals surface area contributed by atoms with Crippen molar-refractivity contribution in [1.82, 2.24) is 20.4 Å². The molecular weight excluding hydrogens is 425 g/mol. The van der Waals surface area contributed by atoms with Crippen LogP contribution in [0.2, 0.25) is 5.02 Å². The van der Waals surface area contributed by atoms with Crippen molar-refractivity contribution in [3.63, 3.8) is 0 Å². The van der Waals surface area contributed by atoms with Gasteiger partial charge in [0.1, 0.15) is 18.0 Å². The summed E-state index contributed by atoms with van der Waals surface area (Å²) in [7, 11) is 0. The van der Waals surface area contributed by atoms with E-state index in [9.17, 15) is 22.8 Å². The molecule has 162 valence electrons. The Morgan fingerprint density at radius 2 is 1.90 bits per heavy atom. The molecule has 0 atom stereocenters. The number of rotatable bonds is 6. The molecule has 11 heteroatoms. The number of H-pyrrole nitrogens is 1. The monoisotopic (exact) mass is 444 g/mol. The molecule has 0 bridgehead atoms. The van der Waals surface area contributed by atoms with Gasteiger partial charge in [0.15, 0.2) is 6.61 Å². The molecule has 2 heterocycles. The van der Waals surface area contributed by atoms with Gasteiger partial charge in [-0.25, -0.2) is 0 Å². The van der Waals surface area contributed by atoms with Crippen LogP contribution in [-0.2, 0) is 4.79 Å². The Labute approximate surface area is 175 Å². The van der Waals surface area contributed by atoms with Crippen LogP contribution in [0, 0.1) is 0 Å². The standard InChI is InChI=1S/C19H20ClF3N4O3/c20-13-1-3-14(4-2-13)30-10-17(28)27-7-5-12(6-8-27)15-9-16(26-25-15)18(29)24-11-19(21,22)23/h1-4,9,12H,5-8,10-11H2,(H,24,29)(H,25,26). The van der Waals surface area contributed by atoms with Crippen LogP contribution in [0.5, 0.6) is 5.75 Å². The van der Waals surface area contributed by atoms with E-state index in [1.807, 2.05) is 0 Å². The summed E-state index contributed by atoms with van der Waals surface area (Å²) in [5, 5.41) is 8.89. The van der Waals surface area contributed by atoms with Crippen LogP contribution in [0.4, 0.5) is 13.2 Å². The van der Waals surface area contributed by atoms with Gasteiger partial charge in [-0.15, -0.1) is 0 Å². The Hall–Kier alpha value is -2.75. The summed E-state index contributed by atoms with van der Waals surface area (Å²) in [5.41, 5.74) is 0.570. The Morgan fingerprint density at radius 3 is 2.53 bits per heavy atom. The smallest absolute Gasteiger partial charge is 0.405 e. The number of likely N-dealkylation sites (tertiary alicyclic amines) is 1. The molecule has 1 aliphatic rings. The highest BCUT2D eigenvalue weighted by Crippen LogP contribution is 2.27. The molecule has 0 saturated carbocycles. The topological polar surface area (TPSA) is 87.3 Å². The summed E-state index contributed by atoms with van der Waals surface area (Å²) >= 11 is 5.81. The first-order chi connectivity index (χ1) is 14.2. The molecule has 1 fully saturated rings. The predicted molar refractivity (Wildman–Crippen MR) is 102 cm³/mol. The number of benzene rings is 1. The number of hydrogen-bond acceptors (Lipinski definition) is 4. The maximum absolute atomic E-state index is 12.3. The number of hydrogen-bond donors (Lipinski definition) is 2. The van der Waals surface area contributed by atoms with Crippen molar-refractivity contribution < 1.29 is 27.5 Å². The van der Waals surface area contributed by atoms with Crippen molar-refractivity contribution in [1.29, 1.82) is 0 Å². The summed E-state index contributed by atoms with van der Waals surface area (Å²) in [6.07, 6.45) is -3.21. The molecule has 30 heavy (non-hydrogen) atoms. The number of carbonyl (C=O) groups excluding carboxylic acids is 2. The van der Waals surface area contributed by atoms with Gasteiger partial charge in [-0.3, -0.25) is 14.7 Å². The SMILES string of the molecule is O=C(NCC(F)(F)F)c1cc(C2CCN(C(=O)COc3ccc(Cl)cc3)CC2)[nH]n1. The molecule has 1 aromatic carbocycles. The third-order valence-electron chi connectivity index (χ3n) is 4.74. The number of aromatic amines is 1. The average molecular weight is 445 g/mol. The fraction of sp³-hybridized carbons (Fsp3) is 0.421. The molecule has 0 radical (unpaired) electrons. The van der Waals surface area contributed by atoms with Crippen LogP contribution in [0.1, 0.15) is 34.9 Å². The lowest BCUT2D eigenvalue weighted by Crippen LogP contribution is -2.40. The summed E-state index contributed by atoms with van der Waals surface area (Å²) in [4.78, 5) is 25.8. The normalized spacial score (nSPS) is 15.1. The molecular formula is C19H20ClF3N4O3. The third-order valence-corrected chi connectivity index (χ3v) is 5.00. The zero-order chi connectivity index (χ0) is 21.7. The number of carbonyl (C=O) groups is 2. The third kappa shape index (κ3) is 6.12. The van der Waals surface area contributed by atoms with Gasteiger partial charge in [0.25, 0.3) is 11.8 Å². The first-order valence-electron chi connectivity index (χ1n) is 9.27. The van der Waals surface area contributed by atoms with Crippen LogP contribution >= 0.6 is 11.6 Å². The van der Waals surface area contributed by atoms with Gasteiger partial charge in [0, 0.05) is 29.7 Å². The zero-order valence-electron chi connectivity index (χ0n) is 15.8. The van der Waals surface area contributed by atoms with Crippen molar-refractivity contribution in [3.8, 4) is 5.75 Å². The zero-order valence-corrected chi connectivity index (χ0v) is 16.6. The number of nitrogens with zero attached hydrogens (tertiary/aromatic N) is 2. The molecule has 2 aromatic rings. The van der Waals surface area contributed by atoms with Crippen LogP contribution in [-0.4, -0.2) is 59.3 Å². The number of aromatic nitrogens is 2. The molecule has 3 rings (SSSR count). The molecule has 7 nitrogen and oxygen atoms in total. The van der Waals surface area contributed by atoms with Crippen molar-refractivity contribution >= 4 is 23.4 Å². The minimum atomic E-state index is -4.48. The summed E-state index contributed by atoms with van der Waals surface area (Å²) in [6.45, 7) is -0.489. The van der Waals surface area contributed by atoms with E-state index in [-0.39, 0.29) is 24.1 Å². The molecule has 0 unspecified atom stereocenters. The lowest BCUT2D eigenvalue weighted by atomic mass is 9.93. The van der Waals surface area contributed by atoms with E-state index in [4.69, 9.17) is 16.3 Å². The molecule has 0 spiro atoms. The molecule has 0 aliphatic carbocycles. The van der Waals surface area contributed by atoms with E-state index in [1.54, 1.807) is 34.5 Å². The number of halogens is 4. The number of nitrogens with one attached hydrogen (secondary N) is 2. The molecule has 1 aromatic heterocycles. The second-order valence-corrected chi connectivity index (χ2v) is 7.34. The van der Waals surface area contributed by atoms with E-state index >= 15 is 0 Å². The largest absolute Gasteiger partial charge is 0.484 e. The van der Waals surface area contributed by atoms with Crippen LogP contribution < -0.4 is 10.1 Å². The Bertz CT molecular complexity index is 878. The molecule has 1 aliphatic heterocycles. The highest BCUT2D eigenvalue weighted by Gasteiger charge is 2.29. The fourth-order valence-electron chi connectivity index (χ4n) is 3.14. The lowest BCUT2D eigenvalue weighted by Gasteiger charge is -2.31. The quantitative estimate of drug-likeness (QED) is 0.716. The summed E-state index contributed by atoms with van der Waals surface area (Å²) in [5.74, 6) is -0.443. The van der Waals surface area contributed by atoms with Crippen molar-refractivity contribution in [2.75, 3.05) is 26.2 Å². The van der Waals surface area contributed by atoms with Gasteiger partial charge in [-0.05, 0) is 43.2 Å². The highest BCUT2D eigenvalue weighted by atomic mass is 35.5. The highest BCUT2D eigenvalue weighted by molar-refractivity contribution is 6.30. The molecule has 2 N–H and O–H groups in total. The second kappa shape index (κ2) is 9.38. The Morgan fingerprint density at radius 1 is 1.23 bits per heavy atom. The van der Waals surface area contributed by atoms with Gasteiger partial charge in [0.05, 0.1) is 0 Å². The Kier molecular flexibility index (Phi) is 6.86. The number of ether oxygens (including phenoxy) is 1. The maximum Gasteiger partial charge on any atom is 0.405 e. The number of alkyl halides is 3. The number of piperidine rings is 1. The lowest BCUT2D eigenvalue weighted by molar-refractivity contribution is -0.134. The van der Waals surface area contributed by atoms with Crippen LogP contribution in [0.3, 0.4) is 0 Å². The van der Waals surface area contributed by atoms with Gasteiger partial charge in [-0.2, -0.15) is 18.3 Å². The van der Waals surface area contributed by atoms with Gasteiger partial charge in [0.2, 0.25) is 0 Å². The minimum Gasteiger partial charge on any atom is -0.484 e. The van der Waals surface area contributed by atoms with E-state index in [0.717, 1.165) is 0 Å². The van der Waals surface area contributed by atoms with Crippen LogP contribution in [0.15, 0.2) is 30.3 Å². The van der Waals surface area contributed by atoms with E-state index in [2.05, 4.69) is 10.2 Å². The minimum absolute atomic E-state index is 0.0305. The maximum atomic E-state index is 12.3. The van der Waals surface area contributed by atoms with E-state index < -0.39 is 18.6 Å². The van der Waals surface area contributed by atoms with Crippen molar-refractivity contribution in [3.05, 3.63) is 46.7 Å². The number of amides is 2. The fourth-order valence-corrected chi connectivity index (χ4v) is 3.27. The van der Waals surface area contributed by atoms with Gasteiger partial charge in [-0.1, -0.05) is 11.6 Å². The summed E-state index contributed by atoms with van der Waals surface area (Å²) in [6, 6.07) is 8.17. The first-order valence-corrected chi connectivity index (χ1v) is 9.65. The second-order valence-electron chi connectivity index (χ2n) is 6.90. The molecule has 2 amide bonds.